The van der Waals surface area contributed by atoms with Gasteiger partial charge in [0.1, 0.15) is 0 Å². The third kappa shape index (κ3) is 3.06. The van der Waals surface area contributed by atoms with Crippen LogP contribution in [0.15, 0.2) is 41.3 Å². The SMILES string of the molecule is Cc1ccc(C(=O)O)cc1S(=O)(=O)Nc1cccc(F)c1F. The first-order valence-electron chi connectivity index (χ1n) is 6.03. The molecule has 0 aliphatic heterocycles. The summed E-state index contributed by atoms with van der Waals surface area (Å²) >= 11 is 0. The Balaban J connectivity index is 2.49. The van der Waals surface area contributed by atoms with Crippen molar-refractivity contribution >= 4 is 21.7 Å². The van der Waals surface area contributed by atoms with E-state index in [4.69, 9.17) is 5.11 Å². The number of carbonyl (C=O) groups is 1. The number of carboxylic acids is 1. The Hall–Kier alpha value is -2.48. The van der Waals surface area contributed by atoms with Crippen LogP contribution >= 0.6 is 0 Å². The van der Waals surface area contributed by atoms with Crippen LogP contribution in [0.1, 0.15) is 15.9 Å². The molecule has 0 radical (unpaired) electrons. The van der Waals surface area contributed by atoms with Gasteiger partial charge in [-0.1, -0.05) is 12.1 Å². The Morgan fingerprint density at radius 2 is 1.86 bits per heavy atom. The van der Waals surface area contributed by atoms with E-state index < -0.39 is 33.3 Å². The van der Waals surface area contributed by atoms with Crippen molar-refractivity contribution < 1.29 is 27.1 Å². The molecule has 2 rings (SSSR count). The van der Waals surface area contributed by atoms with Crippen molar-refractivity contribution in [2.45, 2.75) is 11.8 Å². The van der Waals surface area contributed by atoms with Crippen molar-refractivity contribution in [2.75, 3.05) is 4.72 Å². The number of aromatic carboxylic acids is 1. The van der Waals surface area contributed by atoms with E-state index in [1.807, 2.05) is 4.72 Å². The predicted octanol–water partition coefficient (Wildman–Crippen LogP) is 2.77. The zero-order valence-electron chi connectivity index (χ0n) is 11.3. The molecule has 0 heterocycles. The zero-order chi connectivity index (χ0) is 16.5. The van der Waals surface area contributed by atoms with Crippen LogP contribution in [0.5, 0.6) is 0 Å². The second kappa shape index (κ2) is 5.72. The molecule has 5 nitrogen and oxygen atoms in total. The fourth-order valence-corrected chi connectivity index (χ4v) is 3.14. The number of hydrogen-bond acceptors (Lipinski definition) is 3. The molecule has 2 aromatic carbocycles. The van der Waals surface area contributed by atoms with Crippen molar-refractivity contribution in [3.63, 3.8) is 0 Å². The van der Waals surface area contributed by atoms with E-state index in [0.29, 0.717) is 0 Å². The standard InChI is InChI=1S/C14H11F2NO4S/c1-8-5-6-9(14(18)19)7-12(8)22(20,21)17-11-4-2-3-10(15)13(11)16/h2-7,17H,1H3,(H,18,19). The van der Waals surface area contributed by atoms with Crippen LogP contribution in [0, 0.1) is 18.6 Å². The Morgan fingerprint density at radius 1 is 1.18 bits per heavy atom. The molecule has 0 fully saturated rings. The number of benzene rings is 2. The highest BCUT2D eigenvalue weighted by molar-refractivity contribution is 7.92. The summed E-state index contributed by atoms with van der Waals surface area (Å²) in [5.74, 6) is -3.83. The van der Waals surface area contributed by atoms with Crippen molar-refractivity contribution in [2.24, 2.45) is 0 Å². The minimum atomic E-state index is -4.26. The molecule has 0 aliphatic carbocycles. The average molecular weight is 327 g/mol. The van der Waals surface area contributed by atoms with E-state index in [0.717, 1.165) is 24.3 Å². The number of anilines is 1. The zero-order valence-corrected chi connectivity index (χ0v) is 12.1. The Labute approximate surface area is 125 Å². The monoisotopic (exact) mass is 327 g/mol. The van der Waals surface area contributed by atoms with Crippen LogP contribution in [0.4, 0.5) is 14.5 Å². The summed E-state index contributed by atoms with van der Waals surface area (Å²) in [5, 5.41) is 8.91. The molecule has 0 aromatic heterocycles. The van der Waals surface area contributed by atoms with Gasteiger partial charge in [-0.2, -0.15) is 0 Å². The maximum atomic E-state index is 13.6. The number of rotatable bonds is 4. The largest absolute Gasteiger partial charge is 0.478 e. The summed E-state index contributed by atoms with van der Waals surface area (Å²) in [4.78, 5) is 10.6. The summed E-state index contributed by atoms with van der Waals surface area (Å²) in [6.07, 6.45) is 0. The molecule has 0 amide bonds. The maximum absolute atomic E-state index is 13.6. The van der Waals surface area contributed by atoms with Crippen molar-refractivity contribution in [1.82, 2.24) is 0 Å². The van der Waals surface area contributed by atoms with E-state index in [9.17, 15) is 22.0 Å². The topological polar surface area (TPSA) is 83.5 Å². The predicted molar refractivity (Wildman–Crippen MR) is 75.3 cm³/mol. The van der Waals surface area contributed by atoms with E-state index in [2.05, 4.69) is 0 Å². The fourth-order valence-electron chi connectivity index (χ4n) is 1.80. The second-order valence-electron chi connectivity index (χ2n) is 4.49. The molecule has 8 heteroatoms. The first-order valence-corrected chi connectivity index (χ1v) is 7.51. The van der Waals surface area contributed by atoms with Crippen molar-refractivity contribution in [3.8, 4) is 0 Å². The van der Waals surface area contributed by atoms with E-state index >= 15 is 0 Å². The minimum absolute atomic E-state index is 0.231. The second-order valence-corrected chi connectivity index (χ2v) is 6.14. The lowest BCUT2D eigenvalue weighted by Crippen LogP contribution is -2.16. The lowest BCUT2D eigenvalue weighted by Gasteiger charge is -2.12. The molecular formula is C14H11F2NO4S. The summed E-state index contributed by atoms with van der Waals surface area (Å²) in [5.41, 5.74) is -0.514. The Morgan fingerprint density at radius 3 is 2.50 bits per heavy atom. The van der Waals surface area contributed by atoms with Gasteiger partial charge in [-0.25, -0.2) is 22.0 Å². The lowest BCUT2D eigenvalue weighted by molar-refractivity contribution is 0.0696. The molecule has 0 saturated heterocycles. The summed E-state index contributed by atoms with van der Waals surface area (Å²) in [6, 6.07) is 6.59. The van der Waals surface area contributed by atoms with Gasteiger partial charge in [-0.05, 0) is 36.8 Å². The van der Waals surface area contributed by atoms with Crippen LogP contribution in [-0.2, 0) is 10.0 Å². The first-order chi connectivity index (χ1) is 10.2. The molecule has 116 valence electrons. The average Bonchev–Trinajstić information content (AvgIpc) is 2.43. The Kier molecular flexibility index (Phi) is 4.14. The normalized spacial score (nSPS) is 11.2. The van der Waals surface area contributed by atoms with Crippen LogP contribution < -0.4 is 4.72 Å². The molecular weight excluding hydrogens is 316 g/mol. The van der Waals surface area contributed by atoms with E-state index in [-0.39, 0.29) is 16.0 Å². The number of carboxylic acid groups (broad SMARTS) is 1. The number of sulfonamides is 1. The van der Waals surface area contributed by atoms with E-state index in [1.165, 1.54) is 19.1 Å². The number of nitrogens with one attached hydrogen (secondary N) is 1. The van der Waals surface area contributed by atoms with Crippen LogP contribution in [0.3, 0.4) is 0 Å². The number of hydrogen-bond donors (Lipinski definition) is 2. The highest BCUT2D eigenvalue weighted by Crippen LogP contribution is 2.23. The summed E-state index contributed by atoms with van der Waals surface area (Å²) in [6.45, 7) is 1.46. The molecule has 2 N–H and O–H groups in total. The van der Waals surface area contributed by atoms with Crippen molar-refractivity contribution in [3.05, 3.63) is 59.2 Å². The van der Waals surface area contributed by atoms with Gasteiger partial charge < -0.3 is 5.11 Å². The molecule has 0 saturated carbocycles. The van der Waals surface area contributed by atoms with Crippen LogP contribution in [0.2, 0.25) is 0 Å². The first kappa shape index (κ1) is 15.9. The highest BCUT2D eigenvalue weighted by atomic mass is 32.2. The number of halogens is 2. The van der Waals surface area contributed by atoms with Gasteiger partial charge in [-0.15, -0.1) is 0 Å². The number of aryl methyl sites for hydroxylation is 1. The molecule has 0 aliphatic rings. The molecule has 2 aromatic rings. The van der Waals surface area contributed by atoms with Gasteiger partial charge in [0.2, 0.25) is 0 Å². The summed E-state index contributed by atoms with van der Waals surface area (Å²) < 4.78 is 53.1. The minimum Gasteiger partial charge on any atom is -0.478 e. The highest BCUT2D eigenvalue weighted by Gasteiger charge is 2.21. The molecule has 0 atom stereocenters. The van der Waals surface area contributed by atoms with Crippen LogP contribution in [0.25, 0.3) is 0 Å². The lowest BCUT2D eigenvalue weighted by atomic mass is 10.1. The van der Waals surface area contributed by atoms with Gasteiger partial charge in [0.25, 0.3) is 10.0 Å². The Bertz CT molecular complexity index is 850. The molecule has 0 unspecified atom stereocenters. The van der Waals surface area contributed by atoms with Crippen molar-refractivity contribution in [1.29, 1.82) is 0 Å². The maximum Gasteiger partial charge on any atom is 0.335 e. The molecule has 0 bridgehead atoms. The third-order valence-electron chi connectivity index (χ3n) is 2.92. The fraction of sp³-hybridized carbons (Fsp3) is 0.0714. The molecule has 22 heavy (non-hydrogen) atoms. The smallest absolute Gasteiger partial charge is 0.335 e. The van der Waals surface area contributed by atoms with Gasteiger partial charge in [0, 0.05) is 0 Å². The van der Waals surface area contributed by atoms with Crippen LogP contribution in [-0.4, -0.2) is 19.5 Å². The summed E-state index contributed by atoms with van der Waals surface area (Å²) in [7, 11) is -4.26. The quantitative estimate of drug-likeness (QED) is 0.904. The van der Waals surface area contributed by atoms with Gasteiger partial charge >= 0.3 is 5.97 Å². The van der Waals surface area contributed by atoms with Gasteiger partial charge in [-0.3, -0.25) is 4.72 Å². The van der Waals surface area contributed by atoms with E-state index in [1.54, 1.807) is 0 Å². The third-order valence-corrected chi connectivity index (χ3v) is 4.43. The molecule has 0 spiro atoms. The van der Waals surface area contributed by atoms with Gasteiger partial charge in [0.15, 0.2) is 11.6 Å². The van der Waals surface area contributed by atoms with Gasteiger partial charge in [0.05, 0.1) is 16.1 Å².